The largest absolute Gasteiger partial charge is 0.456 e. The Labute approximate surface area is 325 Å². The van der Waals surface area contributed by atoms with E-state index in [2.05, 4.69) is 190 Å². The van der Waals surface area contributed by atoms with Gasteiger partial charge in [-0.25, -0.2) is 0 Å². The predicted octanol–water partition coefficient (Wildman–Crippen LogP) is 15.5. The van der Waals surface area contributed by atoms with Crippen LogP contribution in [0.1, 0.15) is 25.0 Å². The van der Waals surface area contributed by atoms with Crippen molar-refractivity contribution < 1.29 is 4.42 Å². The van der Waals surface area contributed by atoms with Crippen molar-refractivity contribution in [2.24, 2.45) is 0 Å². The van der Waals surface area contributed by atoms with Gasteiger partial charge in [-0.2, -0.15) is 0 Å². The number of rotatable bonds is 3. The van der Waals surface area contributed by atoms with E-state index in [1.54, 1.807) is 0 Å². The zero-order valence-electron chi connectivity index (χ0n) is 31.2. The van der Waals surface area contributed by atoms with Crippen LogP contribution in [0.3, 0.4) is 0 Å². The van der Waals surface area contributed by atoms with Crippen LogP contribution in [-0.4, -0.2) is 0 Å². The second-order valence-electron chi connectivity index (χ2n) is 16.1. The molecule has 1 aliphatic rings. The van der Waals surface area contributed by atoms with Crippen LogP contribution in [0.15, 0.2) is 186 Å². The second-order valence-corrected chi connectivity index (χ2v) is 16.1. The summed E-state index contributed by atoms with van der Waals surface area (Å²) in [6, 6.07) is 67.3. The minimum Gasteiger partial charge on any atom is -0.456 e. The Kier molecular flexibility index (Phi) is 6.46. The molecule has 0 bridgehead atoms. The Balaban J connectivity index is 0.967. The van der Waals surface area contributed by atoms with Crippen molar-refractivity contribution in [3.8, 4) is 44.5 Å². The van der Waals surface area contributed by atoms with Crippen LogP contribution in [0, 0.1) is 0 Å². The Morgan fingerprint density at radius 3 is 1.57 bits per heavy atom. The number of hydrogen-bond acceptors (Lipinski definition) is 1. The van der Waals surface area contributed by atoms with Crippen LogP contribution in [0.2, 0.25) is 0 Å². The van der Waals surface area contributed by atoms with Crippen LogP contribution in [0.4, 0.5) is 0 Å². The Morgan fingerprint density at radius 1 is 0.321 bits per heavy atom. The molecule has 0 saturated heterocycles. The number of benzene rings is 10. The highest BCUT2D eigenvalue weighted by atomic mass is 16.3. The quantitative estimate of drug-likeness (QED) is 0.166. The van der Waals surface area contributed by atoms with Gasteiger partial charge in [0, 0.05) is 16.2 Å². The van der Waals surface area contributed by atoms with E-state index in [1.165, 1.54) is 109 Å². The van der Waals surface area contributed by atoms with E-state index in [0.29, 0.717) is 0 Å². The minimum absolute atomic E-state index is 0.0990. The van der Waals surface area contributed by atoms with Crippen LogP contribution in [0.5, 0.6) is 0 Å². The number of hydrogen-bond donors (Lipinski definition) is 0. The summed E-state index contributed by atoms with van der Waals surface area (Å²) in [5.41, 5.74) is 14.7. The number of furan rings is 1. The summed E-state index contributed by atoms with van der Waals surface area (Å²) in [5, 5.41) is 12.4. The molecule has 1 nitrogen and oxygen atoms in total. The Bertz CT molecular complexity index is 3380. The smallest absolute Gasteiger partial charge is 0.136 e. The molecule has 0 atom stereocenters. The molecule has 10 aromatic carbocycles. The summed E-state index contributed by atoms with van der Waals surface area (Å²) in [6.45, 7) is 4.73. The van der Waals surface area contributed by atoms with Crippen LogP contribution >= 0.6 is 0 Å². The van der Waals surface area contributed by atoms with E-state index < -0.39 is 0 Å². The molecule has 0 radical (unpaired) electrons. The molecule has 0 aliphatic heterocycles. The monoisotopic (exact) mass is 712 g/mol. The third kappa shape index (κ3) is 4.49. The highest BCUT2D eigenvalue weighted by Crippen LogP contribution is 2.51. The van der Waals surface area contributed by atoms with Gasteiger partial charge in [0.15, 0.2) is 0 Å². The molecular formula is C55H36O. The fourth-order valence-corrected chi connectivity index (χ4v) is 9.83. The lowest BCUT2D eigenvalue weighted by Crippen LogP contribution is -2.14. The molecular weight excluding hydrogens is 677 g/mol. The van der Waals surface area contributed by atoms with E-state index in [-0.39, 0.29) is 5.41 Å². The molecule has 11 aromatic rings. The first-order chi connectivity index (χ1) is 27.5. The van der Waals surface area contributed by atoms with Gasteiger partial charge in [0.05, 0.1) is 0 Å². The lowest BCUT2D eigenvalue weighted by Gasteiger charge is -2.22. The van der Waals surface area contributed by atoms with Gasteiger partial charge < -0.3 is 4.42 Å². The molecule has 12 rings (SSSR count). The van der Waals surface area contributed by atoms with E-state index in [0.717, 1.165) is 11.2 Å². The molecule has 1 aromatic heterocycles. The number of para-hydroxylation sites is 1. The Morgan fingerprint density at radius 2 is 0.857 bits per heavy atom. The summed E-state index contributed by atoms with van der Waals surface area (Å²) in [7, 11) is 0. The van der Waals surface area contributed by atoms with Crippen LogP contribution in [-0.2, 0) is 5.41 Å². The maximum absolute atomic E-state index is 6.29. The lowest BCUT2D eigenvalue weighted by molar-refractivity contribution is 0.661. The van der Waals surface area contributed by atoms with Crippen molar-refractivity contribution in [1.29, 1.82) is 0 Å². The van der Waals surface area contributed by atoms with Crippen molar-refractivity contribution in [2.45, 2.75) is 19.3 Å². The Hall–Kier alpha value is -6.96. The van der Waals surface area contributed by atoms with E-state index in [1.807, 2.05) is 6.07 Å². The van der Waals surface area contributed by atoms with E-state index in [9.17, 15) is 0 Å². The summed E-state index contributed by atoms with van der Waals surface area (Å²) in [6.07, 6.45) is 0. The van der Waals surface area contributed by atoms with Crippen molar-refractivity contribution in [3.63, 3.8) is 0 Å². The van der Waals surface area contributed by atoms with Crippen molar-refractivity contribution in [2.75, 3.05) is 0 Å². The average molecular weight is 713 g/mol. The van der Waals surface area contributed by atoms with Crippen LogP contribution < -0.4 is 0 Å². The van der Waals surface area contributed by atoms with Gasteiger partial charge in [-0.3, -0.25) is 0 Å². The maximum Gasteiger partial charge on any atom is 0.136 e. The molecule has 0 fully saturated rings. The molecule has 0 saturated carbocycles. The first kappa shape index (κ1) is 31.4. The zero-order valence-corrected chi connectivity index (χ0v) is 31.2. The summed E-state index contributed by atoms with van der Waals surface area (Å²) in [4.78, 5) is 0. The fourth-order valence-electron chi connectivity index (χ4n) is 9.83. The normalized spacial score (nSPS) is 13.3. The molecule has 0 spiro atoms. The van der Waals surface area contributed by atoms with Gasteiger partial charge in [-0.15, -0.1) is 0 Å². The van der Waals surface area contributed by atoms with Gasteiger partial charge in [0.25, 0.3) is 0 Å². The molecule has 0 unspecified atom stereocenters. The fraction of sp³-hybridized carbons (Fsp3) is 0.0545. The highest BCUT2D eigenvalue weighted by Gasteiger charge is 2.36. The first-order valence-electron chi connectivity index (χ1n) is 19.6. The van der Waals surface area contributed by atoms with Crippen molar-refractivity contribution >= 4 is 65.0 Å². The minimum atomic E-state index is -0.0990. The van der Waals surface area contributed by atoms with Crippen molar-refractivity contribution in [3.05, 3.63) is 193 Å². The predicted molar refractivity (Wildman–Crippen MR) is 238 cm³/mol. The van der Waals surface area contributed by atoms with Gasteiger partial charge in [-0.1, -0.05) is 147 Å². The third-order valence-corrected chi connectivity index (χ3v) is 12.6. The van der Waals surface area contributed by atoms with Gasteiger partial charge in [0.1, 0.15) is 11.2 Å². The summed E-state index contributed by atoms with van der Waals surface area (Å²) in [5.74, 6) is 0. The van der Waals surface area contributed by atoms with Crippen molar-refractivity contribution in [1.82, 2.24) is 0 Å². The van der Waals surface area contributed by atoms with Gasteiger partial charge >= 0.3 is 0 Å². The maximum atomic E-state index is 6.29. The standard InChI is InChI=1S/C55H36O/c1-55(2)49-25-24-37(28-46(49)47-29-40-32-52-48(30-39(40)31-50(47)55)41-14-10-11-19-51(41)56-52)35-20-21-36-27-38(23-22-34(36)26-35)54-44-17-8-6-15-42(44)53(33-12-4-3-5-13-33)43-16-7-9-18-45(43)54/h3-32H,1-2H3. The number of fused-ring (bicyclic) bond motifs is 10. The summed E-state index contributed by atoms with van der Waals surface area (Å²) < 4.78 is 6.29. The molecule has 0 N–H and O–H groups in total. The molecule has 0 amide bonds. The highest BCUT2D eigenvalue weighted by molar-refractivity contribution is 6.22. The molecule has 1 heteroatoms. The van der Waals surface area contributed by atoms with Gasteiger partial charge in [0.2, 0.25) is 0 Å². The lowest BCUT2D eigenvalue weighted by atomic mass is 9.81. The second kappa shape index (κ2) is 11.5. The zero-order chi connectivity index (χ0) is 37.1. The molecule has 56 heavy (non-hydrogen) atoms. The molecule has 1 heterocycles. The van der Waals surface area contributed by atoms with Crippen LogP contribution in [0.25, 0.3) is 110 Å². The summed E-state index contributed by atoms with van der Waals surface area (Å²) >= 11 is 0. The topological polar surface area (TPSA) is 13.1 Å². The SMILES string of the molecule is CC1(C)c2ccc(-c3ccc4cc(-c5c6ccccc6c(-c6ccccc6)c6ccccc56)ccc4c3)cc2-c2cc3cc4oc5ccccc5c4cc3cc21. The van der Waals surface area contributed by atoms with E-state index >= 15 is 0 Å². The first-order valence-corrected chi connectivity index (χ1v) is 19.6. The molecule has 262 valence electrons. The third-order valence-electron chi connectivity index (χ3n) is 12.6. The van der Waals surface area contributed by atoms with Gasteiger partial charge in [-0.05, 0) is 147 Å². The molecule has 1 aliphatic carbocycles. The van der Waals surface area contributed by atoms with E-state index in [4.69, 9.17) is 4.42 Å². The average Bonchev–Trinajstić information content (AvgIpc) is 3.71.